The number of aryl methyl sites for hydroxylation is 1. The summed E-state index contributed by atoms with van der Waals surface area (Å²) < 4.78 is 15.3. The number of nitrogens with zero attached hydrogens (tertiary/aromatic N) is 5. The molecule has 0 spiro atoms. The van der Waals surface area contributed by atoms with Gasteiger partial charge in [0.05, 0.1) is 0 Å². The summed E-state index contributed by atoms with van der Waals surface area (Å²) in [6.07, 6.45) is 1.17. The molecule has 1 aromatic carbocycles. The van der Waals surface area contributed by atoms with Gasteiger partial charge in [0.2, 0.25) is 0 Å². The molecule has 10 heteroatoms. The molecular weight excluding hydrogens is 315 g/mol. The van der Waals surface area contributed by atoms with Crippen LogP contribution in [-0.2, 0) is 7.05 Å². The zero-order valence-corrected chi connectivity index (χ0v) is 11.9. The SMILES string of the molecule is Cn1nnc2c(C(=O)Nc3cc(F)cc(Cl)c3)ncn2c1=O. The molecule has 1 N–H and O–H groups in total. The summed E-state index contributed by atoms with van der Waals surface area (Å²) in [7, 11) is 1.42. The fourth-order valence-electron chi connectivity index (χ4n) is 1.86. The van der Waals surface area contributed by atoms with Crippen LogP contribution in [0.5, 0.6) is 0 Å². The minimum absolute atomic E-state index is 0.00287. The van der Waals surface area contributed by atoms with Crippen molar-refractivity contribution in [1.29, 1.82) is 0 Å². The first-order valence-corrected chi connectivity index (χ1v) is 6.38. The van der Waals surface area contributed by atoms with E-state index in [0.717, 1.165) is 21.2 Å². The summed E-state index contributed by atoms with van der Waals surface area (Å²) >= 11 is 5.71. The predicted octanol–water partition coefficient (Wildman–Crippen LogP) is 0.868. The molecule has 112 valence electrons. The molecule has 8 nitrogen and oxygen atoms in total. The van der Waals surface area contributed by atoms with Crippen LogP contribution in [0.4, 0.5) is 10.1 Å². The highest BCUT2D eigenvalue weighted by molar-refractivity contribution is 6.31. The first-order valence-electron chi connectivity index (χ1n) is 6.00. The summed E-state index contributed by atoms with van der Waals surface area (Å²) in [4.78, 5) is 27.8. The molecule has 0 bridgehead atoms. The van der Waals surface area contributed by atoms with Crippen LogP contribution in [0.2, 0.25) is 5.02 Å². The molecule has 0 aliphatic rings. The second-order valence-corrected chi connectivity index (χ2v) is 4.83. The number of hydrogen-bond acceptors (Lipinski definition) is 5. The van der Waals surface area contributed by atoms with Crippen LogP contribution < -0.4 is 11.0 Å². The average molecular weight is 323 g/mol. The number of amides is 1. The number of carbonyl (C=O) groups is 1. The lowest BCUT2D eigenvalue weighted by molar-refractivity contribution is 0.102. The van der Waals surface area contributed by atoms with E-state index in [0.29, 0.717) is 0 Å². The molecule has 0 unspecified atom stereocenters. The normalized spacial score (nSPS) is 10.9. The van der Waals surface area contributed by atoms with E-state index in [1.807, 2.05) is 0 Å². The summed E-state index contributed by atoms with van der Waals surface area (Å²) in [5.41, 5.74) is -0.438. The lowest BCUT2D eigenvalue weighted by Crippen LogP contribution is -2.27. The third-order valence-corrected chi connectivity index (χ3v) is 3.05. The van der Waals surface area contributed by atoms with Crippen molar-refractivity contribution < 1.29 is 9.18 Å². The molecule has 3 rings (SSSR count). The zero-order chi connectivity index (χ0) is 15.9. The highest BCUT2D eigenvalue weighted by Crippen LogP contribution is 2.19. The van der Waals surface area contributed by atoms with Gasteiger partial charge in [0.25, 0.3) is 5.91 Å². The van der Waals surface area contributed by atoms with Gasteiger partial charge in [-0.15, -0.1) is 5.10 Å². The van der Waals surface area contributed by atoms with Gasteiger partial charge in [-0.3, -0.25) is 4.79 Å². The van der Waals surface area contributed by atoms with Gasteiger partial charge in [-0.25, -0.2) is 18.6 Å². The van der Waals surface area contributed by atoms with Crippen molar-refractivity contribution >= 4 is 28.8 Å². The molecular formula is C12H8ClFN6O2. The third kappa shape index (κ3) is 2.42. The predicted molar refractivity (Wildman–Crippen MR) is 75.4 cm³/mol. The first-order chi connectivity index (χ1) is 10.5. The molecule has 0 saturated heterocycles. The number of imidazole rings is 1. The molecule has 3 aromatic rings. The Morgan fingerprint density at radius 1 is 1.36 bits per heavy atom. The Bertz CT molecular complexity index is 930. The number of anilines is 1. The van der Waals surface area contributed by atoms with Crippen molar-refractivity contribution in [3.8, 4) is 0 Å². The van der Waals surface area contributed by atoms with Gasteiger partial charge in [0.1, 0.15) is 12.1 Å². The molecule has 0 radical (unpaired) electrons. The molecule has 22 heavy (non-hydrogen) atoms. The fourth-order valence-corrected chi connectivity index (χ4v) is 2.08. The smallest absolute Gasteiger partial charge is 0.320 e. The van der Waals surface area contributed by atoms with E-state index in [2.05, 4.69) is 20.6 Å². The van der Waals surface area contributed by atoms with Crippen LogP contribution in [0.3, 0.4) is 0 Å². The Labute approximate surface area is 127 Å². The van der Waals surface area contributed by atoms with Crippen molar-refractivity contribution in [2.45, 2.75) is 0 Å². The van der Waals surface area contributed by atoms with Crippen LogP contribution in [0, 0.1) is 5.82 Å². The molecule has 1 amide bonds. The topological polar surface area (TPSA) is 94.2 Å². The molecule has 0 fully saturated rings. The standard InChI is InChI=1S/C12H8ClFN6O2/c1-19-12(22)20-5-15-9(10(20)17-18-19)11(21)16-8-3-6(13)2-7(14)4-8/h2-5H,1H3,(H,16,21). The van der Waals surface area contributed by atoms with Crippen molar-refractivity contribution in [2.75, 3.05) is 5.32 Å². The van der Waals surface area contributed by atoms with Crippen molar-refractivity contribution in [2.24, 2.45) is 7.05 Å². The van der Waals surface area contributed by atoms with E-state index in [1.165, 1.54) is 19.4 Å². The quantitative estimate of drug-likeness (QED) is 0.755. The Balaban J connectivity index is 1.99. The number of carbonyl (C=O) groups excluding carboxylic acids is 1. The lowest BCUT2D eigenvalue weighted by Gasteiger charge is -2.04. The van der Waals surface area contributed by atoms with Gasteiger partial charge in [0.15, 0.2) is 11.3 Å². The molecule has 0 aliphatic carbocycles. The minimum Gasteiger partial charge on any atom is -0.320 e. The molecule has 2 aromatic heterocycles. The van der Waals surface area contributed by atoms with E-state index in [-0.39, 0.29) is 22.1 Å². The molecule has 0 aliphatic heterocycles. The second-order valence-electron chi connectivity index (χ2n) is 4.39. The van der Waals surface area contributed by atoms with Crippen LogP contribution in [-0.4, -0.2) is 30.3 Å². The van der Waals surface area contributed by atoms with E-state index >= 15 is 0 Å². The van der Waals surface area contributed by atoms with Gasteiger partial charge in [-0.2, -0.15) is 4.68 Å². The van der Waals surface area contributed by atoms with Crippen LogP contribution in [0.15, 0.2) is 29.3 Å². The minimum atomic E-state index is -0.660. The average Bonchev–Trinajstić information content (AvgIpc) is 2.86. The Kier molecular flexibility index (Phi) is 3.33. The zero-order valence-electron chi connectivity index (χ0n) is 11.1. The number of halogens is 2. The number of aromatic nitrogens is 5. The maximum Gasteiger partial charge on any atom is 0.352 e. The highest BCUT2D eigenvalue weighted by atomic mass is 35.5. The number of rotatable bonds is 2. The number of nitrogens with one attached hydrogen (secondary N) is 1. The van der Waals surface area contributed by atoms with Crippen molar-refractivity contribution in [3.63, 3.8) is 0 Å². The monoisotopic (exact) mass is 322 g/mol. The van der Waals surface area contributed by atoms with Crippen LogP contribution in [0.1, 0.15) is 10.5 Å². The number of fused-ring (bicyclic) bond motifs is 1. The van der Waals surface area contributed by atoms with E-state index in [1.54, 1.807) is 0 Å². The van der Waals surface area contributed by atoms with Gasteiger partial charge < -0.3 is 5.32 Å². The molecule has 2 heterocycles. The maximum absolute atomic E-state index is 13.2. The summed E-state index contributed by atoms with van der Waals surface area (Å²) in [6, 6.07) is 3.59. The summed E-state index contributed by atoms with van der Waals surface area (Å²) in [5.74, 6) is -1.25. The van der Waals surface area contributed by atoms with E-state index in [9.17, 15) is 14.0 Å². The van der Waals surface area contributed by atoms with Crippen molar-refractivity contribution in [3.05, 3.63) is 51.5 Å². The largest absolute Gasteiger partial charge is 0.352 e. The lowest BCUT2D eigenvalue weighted by atomic mass is 10.3. The van der Waals surface area contributed by atoms with Crippen molar-refractivity contribution in [1.82, 2.24) is 24.4 Å². The Morgan fingerprint density at radius 2 is 2.14 bits per heavy atom. The highest BCUT2D eigenvalue weighted by Gasteiger charge is 2.17. The fraction of sp³-hybridized carbons (Fsp3) is 0.0833. The molecule has 0 saturated carbocycles. The van der Waals surface area contributed by atoms with Gasteiger partial charge >= 0.3 is 5.69 Å². The maximum atomic E-state index is 13.2. The Hall–Kier alpha value is -2.81. The first kappa shape index (κ1) is 14.1. The number of hydrogen-bond donors (Lipinski definition) is 1. The summed E-state index contributed by atoms with van der Waals surface area (Å²) in [5, 5.41) is 9.92. The Morgan fingerprint density at radius 3 is 2.86 bits per heavy atom. The van der Waals surface area contributed by atoms with Crippen LogP contribution in [0.25, 0.3) is 5.65 Å². The van der Waals surface area contributed by atoms with Gasteiger partial charge in [-0.1, -0.05) is 16.8 Å². The van der Waals surface area contributed by atoms with Gasteiger partial charge in [0, 0.05) is 17.8 Å². The third-order valence-electron chi connectivity index (χ3n) is 2.83. The van der Waals surface area contributed by atoms with Crippen LogP contribution >= 0.6 is 11.6 Å². The van der Waals surface area contributed by atoms with E-state index in [4.69, 9.17) is 11.6 Å². The second kappa shape index (κ2) is 5.19. The number of benzene rings is 1. The van der Waals surface area contributed by atoms with E-state index < -0.39 is 17.4 Å². The van der Waals surface area contributed by atoms with Gasteiger partial charge in [-0.05, 0) is 18.2 Å². The summed E-state index contributed by atoms with van der Waals surface area (Å²) in [6.45, 7) is 0. The molecule has 0 atom stereocenters.